The molecule has 1 heterocycles. The van der Waals surface area contributed by atoms with Gasteiger partial charge < -0.3 is 15.7 Å². The number of aliphatic hydroxyl groups is 1. The predicted molar refractivity (Wildman–Crippen MR) is 58.6 cm³/mol. The Morgan fingerprint density at radius 1 is 1.33 bits per heavy atom. The summed E-state index contributed by atoms with van der Waals surface area (Å²) in [6.45, 7) is 5.21. The molecular weight excluding hydrogens is 194 g/mol. The molecular formula is C10H21N3O2. The van der Waals surface area contributed by atoms with Gasteiger partial charge in [-0.3, -0.25) is 9.69 Å². The minimum absolute atomic E-state index is 0.0924. The van der Waals surface area contributed by atoms with Crippen molar-refractivity contribution in [1.82, 2.24) is 15.5 Å². The molecule has 1 amide bonds. The van der Waals surface area contributed by atoms with Crippen molar-refractivity contribution in [2.75, 3.05) is 45.9 Å². The summed E-state index contributed by atoms with van der Waals surface area (Å²) in [5.74, 6) is 0.0924. The Labute approximate surface area is 90.8 Å². The van der Waals surface area contributed by atoms with Gasteiger partial charge in [-0.15, -0.1) is 0 Å². The van der Waals surface area contributed by atoms with Crippen LogP contribution in [0.15, 0.2) is 0 Å². The number of nitrogens with one attached hydrogen (secondary N) is 2. The summed E-state index contributed by atoms with van der Waals surface area (Å²) in [5.41, 5.74) is 0. The predicted octanol–water partition coefficient (Wildman–Crippen LogP) is -1.22. The van der Waals surface area contributed by atoms with Gasteiger partial charge in [-0.1, -0.05) is 0 Å². The van der Waals surface area contributed by atoms with E-state index >= 15 is 0 Å². The van der Waals surface area contributed by atoms with E-state index in [4.69, 9.17) is 5.11 Å². The quantitative estimate of drug-likeness (QED) is 0.486. The van der Waals surface area contributed by atoms with E-state index in [0.717, 1.165) is 39.0 Å². The summed E-state index contributed by atoms with van der Waals surface area (Å²) in [4.78, 5) is 13.6. The summed E-state index contributed by atoms with van der Waals surface area (Å²) in [5, 5.41) is 14.7. The van der Waals surface area contributed by atoms with Gasteiger partial charge in [0.25, 0.3) is 0 Å². The van der Waals surface area contributed by atoms with E-state index in [-0.39, 0.29) is 12.5 Å². The molecule has 0 aromatic rings. The second-order valence-electron chi connectivity index (χ2n) is 3.81. The summed E-state index contributed by atoms with van der Waals surface area (Å²) in [6.07, 6.45) is 1.61. The minimum Gasteiger partial charge on any atom is -0.396 e. The third-order valence-corrected chi connectivity index (χ3v) is 2.48. The number of amides is 1. The van der Waals surface area contributed by atoms with Crippen LogP contribution >= 0.6 is 0 Å². The summed E-state index contributed by atoms with van der Waals surface area (Å²) >= 11 is 0. The molecule has 88 valence electrons. The van der Waals surface area contributed by atoms with Gasteiger partial charge in [-0.25, -0.2) is 0 Å². The number of carbonyl (C=O) groups is 1. The molecule has 1 fully saturated rings. The Bertz CT molecular complexity index is 182. The topological polar surface area (TPSA) is 64.6 Å². The SMILES string of the molecule is O=C(CN1CCNCC1)NCCCCO. The van der Waals surface area contributed by atoms with Crippen LogP contribution in [0, 0.1) is 0 Å². The number of unbranched alkanes of at least 4 members (excludes halogenated alkanes) is 1. The number of piperazine rings is 1. The highest BCUT2D eigenvalue weighted by atomic mass is 16.2. The molecule has 0 unspecified atom stereocenters. The van der Waals surface area contributed by atoms with Crippen molar-refractivity contribution in [2.45, 2.75) is 12.8 Å². The van der Waals surface area contributed by atoms with Gasteiger partial charge in [-0.05, 0) is 12.8 Å². The van der Waals surface area contributed by atoms with Gasteiger partial charge in [0.2, 0.25) is 5.91 Å². The highest BCUT2D eigenvalue weighted by Gasteiger charge is 2.12. The van der Waals surface area contributed by atoms with Crippen LogP contribution in [-0.2, 0) is 4.79 Å². The number of nitrogens with zero attached hydrogens (tertiary/aromatic N) is 1. The summed E-state index contributed by atoms with van der Waals surface area (Å²) < 4.78 is 0. The average molecular weight is 215 g/mol. The van der Waals surface area contributed by atoms with Gasteiger partial charge >= 0.3 is 0 Å². The fourth-order valence-corrected chi connectivity index (χ4v) is 1.59. The van der Waals surface area contributed by atoms with E-state index in [9.17, 15) is 4.79 Å². The highest BCUT2D eigenvalue weighted by Crippen LogP contribution is 1.91. The van der Waals surface area contributed by atoms with Crippen LogP contribution in [0.1, 0.15) is 12.8 Å². The van der Waals surface area contributed by atoms with E-state index in [1.165, 1.54) is 0 Å². The van der Waals surface area contributed by atoms with Crippen molar-refractivity contribution in [3.8, 4) is 0 Å². The number of hydrogen-bond acceptors (Lipinski definition) is 4. The lowest BCUT2D eigenvalue weighted by Crippen LogP contribution is -2.47. The largest absolute Gasteiger partial charge is 0.396 e. The van der Waals surface area contributed by atoms with E-state index in [1.54, 1.807) is 0 Å². The van der Waals surface area contributed by atoms with Crippen LogP contribution in [0.25, 0.3) is 0 Å². The lowest BCUT2D eigenvalue weighted by molar-refractivity contribution is -0.122. The second kappa shape index (κ2) is 7.62. The lowest BCUT2D eigenvalue weighted by Gasteiger charge is -2.26. The molecule has 3 N–H and O–H groups in total. The van der Waals surface area contributed by atoms with Gasteiger partial charge in [0.15, 0.2) is 0 Å². The van der Waals surface area contributed by atoms with Crippen LogP contribution in [0.3, 0.4) is 0 Å². The molecule has 0 aliphatic carbocycles. The molecule has 0 aromatic heterocycles. The fourth-order valence-electron chi connectivity index (χ4n) is 1.59. The summed E-state index contributed by atoms with van der Waals surface area (Å²) in [6, 6.07) is 0. The van der Waals surface area contributed by atoms with Crippen LogP contribution in [0.2, 0.25) is 0 Å². The lowest BCUT2D eigenvalue weighted by atomic mass is 10.3. The van der Waals surface area contributed by atoms with Crippen LogP contribution in [0.4, 0.5) is 0 Å². The van der Waals surface area contributed by atoms with Crippen LogP contribution < -0.4 is 10.6 Å². The second-order valence-corrected chi connectivity index (χ2v) is 3.81. The first-order valence-electron chi connectivity index (χ1n) is 5.63. The Balaban J connectivity index is 2.01. The zero-order valence-corrected chi connectivity index (χ0v) is 9.17. The molecule has 0 radical (unpaired) electrons. The van der Waals surface area contributed by atoms with Crippen LogP contribution in [0.5, 0.6) is 0 Å². The van der Waals surface area contributed by atoms with E-state index in [2.05, 4.69) is 15.5 Å². The van der Waals surface area contributed by atoms with E-state index in [1.807, 2.05) is 0 Å². The van der Waals surface area contributed by atoms with Crippen molar-refractivity contribution < 1.29 is 9.90 Å². The zero-order chi connectivity index (χ0) is 10.9. The molecule has 0 bridgehead atoms. The average Bonchev–Trinajstić information content (AvgIpc) is 2.26. The molecule has 0 saturated carbocycles. The smallest absolute Gasteiger partial charge is 0.234 e. The zero-order valence-electron chi connectivity index (χ0n) is 9.17. The molecule has 15 heavy (non-hydrogen) atoms. The molecule has 5 heteroatoms. The first-order chi connectivity index (χ1) is 7.33. The van der Waals surface area contributed by atoms with Crippen molar-refractivity contribution in [2.24, 2.45) is 0 Å². The van der Waals surface area contributed by atoms with Crippen LogP contribution in [-0.4, -0.2) is 61.8 Å². The standard InChI is InChI=1S/C10H21N3O2/c14-8-2-1-3-12-10(15)9-13-6-4-11-5-7-13/h11,14H,1-9H2,(H,12,15). The van der Waals surface area contributed by atoms with Gasteiger partial charge in [0, 0.05) is 39.3 Å². The minimum atomic E-state index is 0.0924. The molecule has 5 nitrogen and oxygen atoms in total. The van der Waals surface area contributed by atoms with Crippen molar-refractivity contribution in [3.05, 3.63) is 0 Å². The van der Waals surface area contributed by atoms with Crippen molar-refractivity contribution in [3.63, 3.8) is 0 Å². The number of rotatable bonds is 6. The molecule has 1 aliphatic rings. The number of carbonyl (C=O) groups excluding carboxylic acids is 1. The monoisotopic (exact) mass is 215 g/mol. The maximum atomic E-state index is 11.4. The molecule has 1 aliphatic heterocycles. The highest BCUT2D eigenvalue weighted by molar-refractivity contribution is 5.77. The van der Waals surface area contributed by atoms with Crippen molar-refractivity contribution >= 4 is 5.91 Å². The molecule has 1 rings (SSSR count). The molecule has 0 atom stereocenters. The van der Waals surface area contributed by atoms with Gasteiger partial charge in [-0.2, -0.15) is 0 Å². The third-order valence-electron chi connectivity index (χ3n) is 2.48. The van der Waals surface area contributed by atoms with Gasteiger partial charge in [0.05, 0.1) is 6.54 Å². The number of hydrogen-bond donors (Lipinski definition) is 3. The Morgan fingerprint density at radius 2 is 2.07 bits per heavy atom. The van der Waals surface area contributed by atoms with E-state index < -0.39 is 0 Å². The molecule has 0 aromatic carbocycles. The number of aliphatic hydroxyl groups excluding tert-OH is 1. The Kier molecular flexibility index (Phi) is 6.31. The first-order valence-corrected chi connectivity index (χ1v) is 5.63. The Hall–Kier alpha value is -0.650. The normalized spacial score (nSPS) is 17.7. The Morgan fingerprint density at radius 3 is 2.73 bits per heavy atom. The molecule has 1 saturated heterocycles. The molecule has 0 spiro atoms. The first kappa shape index (κ1) is 12.4. The van der Waals surface area contributed by atoms with E-state index in [0.29, 0.717) is 13.1 Å². The fraction of sp³-hybridized carbons (Fsp3) is 0.900. The maximum Gasteiger partial charge on any atom is 0.234 e. The van der Waals surface area contributed by atoms with Crippen molar-refractivity contribution in [1.29, 1.82) is 0 Å². The maximum absolute atomic E-state index is 11.4. The van der Waals surface area contributed by atoms with Gasteiger partial charge in [0.1, 0.15) is 0 Å². The summed E-state index contributed by atoms with van der Waals surface area (Å²) in [7, 11) is 0. The third kappa shape index (κ3) is 5.71.